The summed E-state index contributed by atoms with van der Waals surface area (Å²) in [7, 11) is 3.21. The maximum Gasteiger partial charge on any atom is 0.140 e. The van der Waals surface area contributed by atoms with E-state index in [1.165, 1.54) is 0 Å². The van der Waals surface area contributed by atoms with Gasteiger partial charge < -0.3 is 14.3 Å². The van der Waals surface area contributed by atoms with Crippen molar-refractivity contribution in [1.82, 2.24) is 0 Å². The molecular formula is C12H15BrO3. The Kier molecular flexibility index (Phi) is 4.80. The maximum atomic E-state index is 10.5. The van der Waals surface area contributed by atoms with Gasteiger partial charge in [-0.25, -0.2) is 0 Å². The van der Waals surface area contributed by atoms with Gasteiger partial charge in [0.05, 0.1) is 14.2 Å². The number of aldehydes is 1. The number of hydrogen-bond donors (Lipinski definition) is 0. The van der Waals surface area contributed by atoms with E-state index in [1.54, 1.807) is 14.2 Å². The van der Waals surface area contributed by atoms with Crippen LogP contribution < -0.4 is 9.47 Å². The molecule has 16 heavy (non-hydrogen) atoms. The molecule has 0 aliphatic rings. The maximum absolute atomic E-state index is 10.5. The van der Waals surface area contributed by atoms with Crippen LogP contribution in [0, 0.1) is 0 Å². The summed E-state index contributed by atoms with van der Waals surface area (Å²) in [4.78, 5) is 10.5. The molecule has 0 aliphatic carbocycles. The highest BCUT2D eigenvalue weighted by atomic mass is 79.9. The summed E-state index contributed by atoms with van der Waals surface area (Å²) in [6, 6.07) is 3.79. The van der Waals surface area contributed by atoms with Gasteiger partial charge in [-0.2, -0.15) is 0 Å². The first kappa shape index (κ1) is 13.0. The number of halogens is 1. The molecule has 3 nitrogen and oxygen atoms in total. The fourth-order valence-electron chi connectivity index (χ4n) is 1.58. The lowest BCUT2D eigenvalue weighted by molar-refractivity contribution is -0.108. The highest BCUT2D eigenvalue weighted by molar-refractivity contribution is 9.10. The molecule has 0 fully saturated rings. The predicted molar refractivity (Wildman–Crippen MR) is 66.3 cm³/mol. The largest absolute Gasteiger partial charge is 0.495 e. The molecule has 0 heterocycles. The molecule has 0 saturated heterocycles. The van der Waals surface area contributed by atoms with Crippen molar-refractivity contribution in [2.75, 3.05) is 14.2 Å². The van der Waals surface area contributed by atoms with E-state index in [4.69, 9.17) is 9.47 Å². The summed E-state index contributed by atoms with van der Waals surface area (Å²) in [5, 5.41) is 0. The molecule has 0 aromatic heterocycles. The molecule has 4 heteroatoms. The second kappa shape index (κ2) is 5.89. The van der Waals surface area contributed by atoms with E-state index in [0.29, 0.717) is 6.42 Å². The highest BCUT2D eigenvalue weighted by Crippen LogP contribution is 2.40. The van der Waals surface area contributed by atoms with Crippen LogP contribution in [0.2, 0.25) is 0 Å². The van der Waals surface area contributed by atoms with E-state index >= 15 is 0 Å². The minimum atomic E-state index is 0.134. The Morgan fingerprint density at radius 2 is 2.06 bits per heavy atom. The van der Waals surface area contributed by atoms with Crippen LogP contribution in [0.4, 0.5) is 0 Å². The predicted octanol–water partition coefficient (Wildman–Crippen LogP) is 3.16. The summed E-state index contributed by atoms with van der Waals surface area (Å²) >= 11 is 3.43. The SMILES string of the molecule is COc1ccc(C(C)CC=O)c(OC)c1Br. The van der Waals surface area contributed by atoms with Crippen molar-refractivity contribution in [3.8, 4) is 11.5 Å². The van der Waals surface area contributed by atoms with Gasteiger partial charge in [0.1, 0.15) is 22.3 Å². The summed E-state index contributed by atoms with van der Waals surface area (Å²) in [5.74, 6) is 1.59. The number of hydrogen-bond acceptors (Lipinski definition) is 3. The highest BCUT2D eigenvalue weighted by Gasteiger charge is 2.16. The van der Waals surface area contributed by atoms with Crippen LogP contribution in [0.25, 0.3) is 0 Å². The smallest absolute Gasteiger partial charge is 0.140 e. The number of rotatable bonds is 5. The Labute approximate surface area is 104 Å². The van der Waals surface area contributed by atoms with Gasteiger partial charge in [0, 0.05) is 6.42 Å². The number of ether oxygens (including phenoxy) is 2. The number of methoxy groups -OCH3 is 2. The molecule has 0 bridgehead atoms. The topological polar surface area (TPSA) is 35.5 Å². The van der Waals surface area contributed by atoms with E-state index in [0.717, 1.165) is 27.8 Å². The van der Waals surface area contributed by atoms with Gasteiger partial charge in [0.15, 0.2) is 0 Å². The van der Waals surface area contributed by atoms with Crippen molar-refractivity contribution >= 4 is 22.2 Å². The number of carbonyl (C=O) groups excluding carboxylic acids is 1. The van der Waals surface area contributed by atoms with Crippen LogP contribution in [0.1, 0.15) is 24.8 Å². The third-order valence-electron chi connectivity index (χ3n) is 2.50. The molecule has 0 saturated carbocycles. The van der Waals surface area contributed by atoms with Gasteiger partial charge in [-0.15, -0.1) is 0 Å². The van der Waals surface area contributed by atoms with Crippen molar-refractivity contribution in [2.45, 2.75) is 19.3 Å². The summed E-state index contributed by atoms with van der Waals surface area (Å²) in [6.07, 6.45) is 1.40. The lowest BCUT2D eigenvalue weighted by Gasteiger charge is -2.16. The normalized spacial score (nSPS) is 12.0. The van der Waals surface area contributed by atoms with Gasteiger partial charge in [0.2, 0.25) is 0 Å². The van der Waals surface area contributed by atoms with Crippen molar-refractivity contribution in [3.05, 3.63) is 22.2 Å². The minimum Gasteiger partial charge on any atom is -0.495 e. The van der Waals surface area contributed by atoms with Gasteiger partial charge in [-0.05, 0) is 33.5 Å². The first-order valence-corrected chi connectivity index (χ1v) is 5.79. The van der Waals surface area contributed by atoms with Crippen molar-refractivity contribution < 1.29 is 14.3 Å². The molecule has 1 atom stereocenters. The van der Waals surface area contributed by atoms with Gasteiger partial charge in [0.25, 0.3) is 0 Å². The molecule has 88 valence electrons. The van der Waals surface area contributed by atoms with Crippen molar-refractivity contribution in [1.29, 1.82) is 0 Å². The second-order valence-electron chi connectivity index (χ2n) is 3.51. The quantitative estimate of drug-likeness (QED) is 0.780. The van der Waals surface area contributed by atoms with E-state index < -0.39 is 0 Å². The third kappa shape index (κ3) is 2.55. The minimum absolute atomic E-state index is 0.134. The Bertz CT molecular complexity index is 377. The van der Waals surface area contributed by atoms with Crippen LogP contribution in [-0.2, 0) is 4.79 Å². The molecule has 0 radical (unpaired) electrons. The van der Waals surface area contributed by atoms with E-state index in [-0.39, 0.29) is 5.92 Å². The van der Waals surface area contributed by atoms with E-state index in [9.17, 15) is 4.79 Å². The third-order valence-corrected chi connectivity index (χ3v) is 3.25. The van der Waals surface area contributed by atoms with Crippen LogP contribution >= 0.6 is 15.9 Å². The first-order chi connectivity index (χ1) is 7.65. The van der Waals surface area contributed by atoms with Crippen LogP contribution in [0.15, 0.2) is 16.6 Å². The average molecular weight is 287 g/mol. The molecule has 1 rings (SSSR count). The van der Waals surface area contributed by atoms with Crippen molar-refractivity contribution in [2.24, 2.45) is 0 Å². The fourth-order valence-corrected chi connectivity index (χ4v) is 2.26. The van der Waals surface area contributed by atoms with Crippen molar-refractivity contribution in [3.63, 3.8) is 0 Å². The molecule has 0 N–H and O–H groups in total. The molecular weight excluding hydrogens is 272 g/mol. The molecule has 0 amide bonds. The van der Waals surface area contributed by atoms with E-state index in [1.807, 2.05) is 19.1 Å². The molecule has 1 aromatic carbocycles. The van der Waals surface area contributed by atoms with Crippen LogP contribution in [0.3, 0.4) is 0 Å². The average Bonchev–Trinajstić information content (AvgIpc) is 2.28. The zero-order valence-corrected chi connectivity index (χ0v) is 11.2. The molecule has 1 aromatic rings. The molecule has 0 spiro atoms. The summed E-state index contributed by atoms with van der Waals surface area (Å²) < 4.78 is 11.3. The molecule has 0 aliphatic heterocycles. The second-order valence-corrected chi connectivity index (χ2v) is 4.30. The summed E-state index contributed by atoms with van der Waals surface area (Å²) in [6.45, 7) is 1.99. The zero-order chi connectivity index (χ0) is 12.1. The lowest BCUT2D eigenvalue weighted by Crippen LogP contribution is -2.00. The number of carbonyl (C=O) groups is 1. The Hall–Kier alpha value is -1.03. The van der Waals surface area contributed by atoms with Gasteiger partial charge in [-0.1, -0.05) is 13.0 Å². The number of benzene rings is 1. The zero-order valence-electron chi connectivity index (χ0n) is 9.62. The monoisotopic (exact) mass is 286 g/mol. The van der Waals surface area contributed by atoms with Gasteiger partial charge in [-0.3, -0.25) is 0 Å². The Balaban J connectivity index is 3.19. The Morgan fingerprint density at radius 1 is 1.38 bits per heavy atom. The molecule has 1 unspecified atom stereocenters. The summed E-state index contributed by atoms with van der Waals surface area (Å²) in [5.41, 5.74) is 1.00. The van der Waals surface area contributed by atoms with Gasteiger partial charge >= 0.3 is 0 Å². The fraction of sp³-hybridized carbons (Fsp3) is 0.417. The van der Waals surface area contributed by atoms with Crippen LogP contribution in [0.5, 0.6) is 11.5 Å². The first-order valence-electron chi connectivity index (χ1n) is 4.99. The van der Waals surface area contributed by atoms with E-state index in [2.05, 4.69) is 15.9 Å². The standard InChI is InChI=1S/C12H15BrO3/c1-8(6-7-14)9-4-5-10(15-2)11(13)12(9)16-3/h4-5,7-8H,6H2,1-3H3. The van der Waals surface area contributed by atoms with Crippen LogP contribution in [-0.4, -0.2) is 20.5 Å². The lowest BCUT2D eigenvalue weighted by atomic mass is 9.97. The Morgan fingerprint density at radius 3 is 2.56 bits per heavy atom.